The topological polar surface area (TPSA) is 64.2 Å². The van der Waals surface area contributed by atoms with Gasteiger partial charge in [-0.15, -0.1) is 0 Å². The van der Waals surface area contributed by atoms with Gasteiger partial charge in [-0.3, -0.25) is 9.48 Å². The van der Waals surface area contributed by atoms with Gasteiger partial charge in [0, 0.05) is 12.5 Å². The van der Waals surface area contributed by atoms with Crippen LogP contribution in [0.2, 0.25) is 5.02 Å². The molecule has 5 nitrogen and oxygen atoms in total. The van der Waals surface area contributed by atoms with Crippen LogP contribution in [0.1, 0.15) is 30.3 Å². The Balaban J connectivity index is 2.80. The number of carbonyl (C=O) groups excluding carboxylic acids is 1. The molecule has 6 heteroatoms. The molecule has 0 saturated heterocycles. The van der Waals surface area contributed by atoms with Crippen LogP contribution in [0.4, 0.5) is 0 Å². The third-order valence-corrected chi connectivity index (χ3v) is 3.35. The van der Waals surface area contributed by atoms with E-state index in [2.05, 4.69) is 5.10 Å². The first-order valence-corrected chi connectivity index (χ1v) is 6.95. The van der Waals surface area contributed by atoms with Gasteiger partial charge in [0.05, 0.1) is 17.8 Å². The lowest BCUT2D eigenvalue weighted by molar-refractivity contribution is 0.0911. The van der Waals surface area contributed by atoms with E-state index in [-0.39, 0.29) is 11.7 Å². The zero-order chi connectivity index (χ0) is 14.4. The summed E-state index contributed by atoms with van der Waals surface area (Å²) < 4.78 is 1.70. The molecule has 108 valence electrons. The Bertz CT molecular complexity index is 417. The van der Waals surface area contributed by atoms with Crippen LogP contribution in [-0.4, -0.2) is 47.6 Å². The van der Waals surface area contributed by atoms with E-state index in [0.29, 0.717) is 23.8 Å². The number of hydrogen-bond donors (Lipinski definition) is 1. The largest absolute Gasteiger partial charge is 0.330 e. The van der Waals surface area contributed by atoms with Crippen molar-refractivity contribution in [3.8, 4) is 0 Å². The highest BCUT2D eigenvalue weighted by atomic mass is 35.5. The molecule has 0 spiro atoms. The van der Waals surface area contributed by atoms with Gasteiger partial charge in [-0.1, -0.05) is 18.5 Å². The molecule has 19 heavy (non-hydrogen) atoms. The van der Waals surface area contributed by atoms with E-state index in [1.165, 1.54) is 0 Å². The molecule has 0 aliphatic carbocycles. The van der Waals surface area contributed by atoms with Crippen molar-refractivity contribution in [1.29, 1.82) is 0 Å². The first-order valence-electron chi connectivity index (χ1n) is 6.57. The van der Waals surface area contributed by atoms with Gasteiger partial charge < -0.3 is 10.6 Å². The normalized spacial score (nSPS) is 12.9. The summed E-state index contributed by atoms with van der Waals surface area (Å²) in [5.74, 6) is -0.0226. The lowest BCUT2D eigenvalue weighted by atomic mass is 9.98. The second kappa shape index (κ2) is 7.62. The number of nitrogens with two attached hydrogens (primary N) is 1. The number of rotatable bonds is 8. The van der Waals surface area contributed by atoms with Crippen LogP contribution in [0.3, 0.4) is 0 Å². The van der Waals surface area contributed by atoms with E-state index in [9.17, 15) is 4.79 Å². The van der Waals surface area contributed by atoms with Crippen LogP contribution in [0.25, 0.3) is 0 Å². The molecule has 1 unspecified atom stereocenters. The van der Waals surface area contributed by atoms with Crippen molar-refractivity contribution >= 4 is 17.4 Å². The number of hydrogen-bond acceptors (Lipinski definition) is 4. The molecule has 0 bridgehead atoms. The molecule has 0 radical (unpaired) electrons. The Morgan fingerprint density at radius 2 is 2.26 bits per heavy atom. The van der Waals surface area contributed by atoms with Gasteiger partial charge in [0.1, 0.15) is 5.69 Å². The monoisotopic (exact) mass is 286 g/mol. The Morgan fingerprint density at radius 3 is 2.84 bits per heavy atom. The quantitative estimate of drug-likeness (QED) is 0.738. The lowest BCUT2D eigenvalue weighted by Gasteiger charge is -2.14. The molecule has 0 amide bonds. The minimum Gasteiger partial charge on any atom is -0.330 e. The summed E-state index contributed by atoms with van der Waals surface area (Å²) in [4.78, 5) is 14.4. The third-order valence-electron chi connectivity index (χ3n) is 3.08. The van der Waals surface area contributed by atoms with Gasteiger partial charge in [0.15, 0.2) is 5.78 Å². The van der Waals surface area contributed by atoms with E-state index in [1.54, 1.807) is 10.9 Å². The van der Waals surface area contributed by atoms with E-state index in [1.807, 2.05) is 25.9 Å². The van der Waals surface area contributed by atoms with Crippen molar-refractivity contribution in [3.63, 3.8) is 0 Å². The first-order chi connectivity index (χ1) is 8.97. The highest BCUT2D eigenvalue weighted by Gasteiger charge is 2.22. The summed E-state index contributed by atoms with van der Waals surface area (Å²) in [6.45, 7) is 3.99. The van der Waals surface area contributed by atoms with E-state index in [0.717, 1.165) is 19.4 Å². The molecule has 1 aromatic rings. The number of ketones is 1. The van der Waals surface area contributed by atoms with Crippen LogP contribution < -0.4 is 5.73 Å². The second-order valence-electron chi connectivity index (χ2n) is 5.06. The number of carbonyl (C=O) groups is 1. The fourth-order valence-electron chi connectivity index (χ4n) is 1.86. The van der Waals surface area contributed by atoms with Crippen molar-refractivity contribution in [1.82, 2.24) is 14.7 Å². The highest BCUT2D eigenvalue weighted by molar-refractivity contribution is 6.33. The van der Waals surface area contributed by atoms with E-state index < -0.39 is 0 Å². The Labute approximate surface area is 119 Å². The number of halogens is 1. The molecule has 0 fully saturated rings. The zero-order valence-electron chi connectivity index (χ0n) is 11.9. The first kappa shape index (κ1) is 16.1. The lowest BCUT2D eigenvalue weighted by Crippen LogP contribution is -2.23. The standard InChI is InChI=1S/C13H23ClN4O/c1-10(5-4-6-15)13(19)12-11(14)9-16-18(12)8-7-17(2)3/h9-10H,4-8,15H2,1-3H3. The fourth-order valence-corrected chi connectivity index (χ4v) is 2.09. The number of nitrogens with zero attached hydrogens (tertiary/aromatic N) is 3. The van der Waals surface area contributed by atoms with Crippen molar-refractivity contribution < 1.29 is 4.79 Å². The molecule has 1 atom stereocenters. The predicted molar refractivity (Wildman–Crippen MR) is 77.6 cm³/mol. The zero-order valence-corrected chi connectivity index (χ0v) is 12.7. The summed E-state index contributed by atoms with van der Waals surface area (Å²) in [5, 5.41) is 4.62. The maximum absolute atomic E-state index is 12.4. The molecular weight excluding hydrogens is 264 g/mol. The van der Waals surface area contributed by atoms with Crippen molar-refractivity contribution in [3.05, 3.63) is 16.9 Å². The maximum Gasteiger partial charge on any atom is 0.185 e. The summed E-state index contributed by atoms with van der Waals surface area (Å²) in [6, 6.07) is 0. The third kappa shape index (κ3) is 4.60. The average Bonchev–Trinajstić information content (AvgIpc) is 2.73. The van der Waals surface area contributed by atoms with Gasteiger partial charge in [-0.25, -0.2) is 0 Å². The molecular formula is C13H23ClN4O. The second-order valence-corrected chi connectivity index (χ2v) is 5.47. The minimum absolute atomic E-state index is 0.0507. The van der Waals surface area contributed by atoms with Crippen LogP contribution in [-0.2, 0) is 6.54 Å². The Morgan fingerprint density at radius 1 is 1.58 bits per heavy atom. The predicted octanol–water partition coefficient (Wildman–Crippen LogP) is 1.66. The van der Waals surface area contributed by atoms with Gasteiger partial charge in [-0.05, 0) is 33.5 Å². The minimum atomic E-state index is -0.0733. The van der Waals surface area contributed by atoms with Crippen LogP contribution in [0.5, 0.6) is 0 Å². The number of Topliss-reactive ketones (excluding diaryl/α,β-unsaturated/α-hetero) is 1. The van der Waals surface area contributed by atoms with Gasteiger partial charge in [0.2, 0.25) is 0 Å². The smallest absolute Gasteiger partial charge is 0.185 e. The Hall–Kier alpha value is -0.910. The number of aromatic nitrogens is 2. The fraction of sp³-hybridized carbons (Fsp3) is 0.692. The van der Waals surface area contributed by atoms with Crippen LogP contribution in [0.15, 0.2) is 6.20 Å². The molecule has 0 saturated carbocycles. The highest BCUT2D eigenvalue weighted by Crippen LogP contribution is 2.21. The summed E-state index contributed by atoms with van der Waals surface area (Å²) in [5.41, 5.74) is 6.00. The van der Waals surface area contributed by atoms with E-state index in [4.69, 9.17) is 17.3 Å². The van der Waals surface area contributed by atoms with Crippen molar-refractivity contribution in [2.24, 2.45) is 11.7 Å². The molecule has 0 aliphatic heterocycles. The summed E-state index contributed by atoms with van der Waals surface area (Å²) in [7, 11) is 3.97. The average molecular weight is 287 g/mol. The summed E-state index contributed by atoms with van der Waals surface area (Å²) >= 11 is 6.09. The van der Waals surface area contributed by atoms with Gasteiger partial charge >= 0.3 is 0 Å². The Kier molecular flexibility index (Phi) is 6.48. The van der Waals surface area contributed by atoms with E-state index >= 15 is 0 Å². The molecule has 0 aliphatic rings. The molecule has 1 heterocycles. The van der Waals surface area contributed by atoms with Gasteiger partial charge in [0.25, 0.3) is 0 Å². The SMILES string of the molecule is CC(CCCN)C(=O)c1c(Cl)cnn1CCN(C)C. The van der Waals surface area contributed by atoms with Crippen molar-refractivity contribution in [2.45, 2.75) is 26.3 Å². The van der Waals surface area contributed by atoms with Gasteiger partial charge in [-0.2, -0.15) is 5.10 Å². The van der Waals surface area contributed by atoms with Crippen LogP contribution >= 0.6 is 11.6 Å². The molecule has 1 aromatic heterocycles. The molecule has 2 N–H and O–H groups in total. The molecule has 1 rings (SSSR count). The summed E-state index contributed by atoms with van der Waals surface area (Å²) in [6.07, 6.45) is 3.17. The maximum atomic E-state index is 12.4. The number of likely N-dealkylation sites (N-methyl/N-ethyl adjacent to an activating group) is 1. The van der Waals surface area contributed by atoms with Crippen molar-refractivity contribution in [2.75, 3.05) is 27.2 Å². The van der Waals surface area contributed by atoms with Crippen LogP contribution in [0, 0.1) is 5.92 Å². The molecule has 0 aromatic carbocycles.